The number of hydrogen-bond acceptors (Lipinski definition) is 11. The first-order chi connectivity index (χ1) is 26.8. The molecule has 3 amide bonds. The molecule has 310 valence electrons. The first-order valence-corrected chi connectivity index (χ1v) is 20.4. The van der Waals surface area contributed by atoms with Crippen LogP contribution >= 0.6 is 0 Å². The van der Waals surface area contributed by atoms with E-state index in [4.69, 9.17) is 14.2 Å². The molecule has 0 aliphatic carbocycles. The van der Waals surface area contributed by atoms with Gasteiger partial charge in [0.25, 0.3) is 5.91 Å². The zero-order valence-electron chi connectivity index (χ0n) is 32.0. The predicted octanol–water partition coefficient (Wildman–Crippen LogP) is 2.77. The summed E-state index contributed by atoms with van der Waals surface area (Å²) in [6.07, 6.45) is 0.158. The normalized spacial score (nSPS) is 16.7. The van der Waals surface area contributed by atoms with Crippen molar-refractivity contribution in [1.29, 1.82) is 0 Å². The van der Waals surface area contributed by atoms with E-state index >= 15 is 8.78 Å². The van der Waals surface area contributed by atoms with Gasteiger partial charge >= 0.3 is 12.0 Å². The average Bonchev–Trinajstić information content (AvgIpc) is 3.20. The summed E-state index contributed by atoms with van der Waals surface area (Å²) in [6.45, 7) is 7.12. The third kappa shape index (κ3) is 13.8. The van der Waals surface area contributed by atoms with Crippen LogP contribution in [0.3, 0.4) is 0 Å². The first-order valence-electron chi connectivity index (χ1n) is 19.0. The van der Waals surface area contributed by atoms with Gasteiger partial charge in [-0.2, -0.15) is 13.1 Å². The number of unbranched alkanes of at least 4 members (excludes halogenated alkanes) is 1. The number of nitrogens with one attached hydrogen (secondary N) is 4. The molecular weight excluding hydrogens is 755 g/mol. The SMILES string of the molecule is CC(C)C[C@H](NC(=O)[C@H](CCCCNC(=O)OCc1ccccc1)Nc1ccc(S(=O)(=O)N2CCOCC2)cc1)C(=O)C(F)(F)C(=O)NCCN1CCOCC1. The Morgan fingerprint density at radius 2 is 1.48 bits per heavy atom. The molecule has 2 aromatic carbocycles. The summed E-state index contributed by atoms with van der Waals surface area (Å²) in [4.78, 5) is 53.9. The second kappa shape index (κ2) is 21.9. The Morgan fingerprint density at radius 1 is 0.839 bits per heavy atom. The van der Waals surface area contributed by atoms with Crippen LogP contribution in [0.1, 0.15) is 45.1 Å². The van der Waals surface area contributed by atoms with Crippen LogP contribution < -0.4 is 21.3 Å². The Hall–Kier alpha value is -4.23. The fourth-order valence-electron chi connectivity index (χ4n) is 6.14. The number of rotatable bonds is 21. The molecule has 18 heteroatoms. The van der Waals surface area contributed by atoms with Crippen LogP contribution in [-0.2, 0) is 45.2 Å². The Labute approximate surface area is 327 Å². The largest absolute Gasteiger partial charge is 0.445 e. The standard InChI is InChI=1S/C38H54F2N6O9S/c1-28(2)26-33(34(47)38(39,40)36(49)41-16-17-45-18-22-53-23-19-45)44-35(48)32(10-6-7-15-42-37(50)55-27-29-8-4-3-5-9-29)43-30-11-13-31(14-12-30)56(51,52)46-20-24-54-25-21-46/h3-5,8-9,11-14,28,32-33,43H,6-7,10,15-27H2,1-2H3,(H,41,49)(H,42,50)(H,44,48)/t32-,33-/m0/s1. The zero-order valence-corrected chi connectivity index (χ0v) is 32.8. The molecule has 2 aliphatic rings. The lowest BCUT2D eigenvalue weighted by Gasteiger charge is -2.28. The molecule has 2 aliphatic heterocycles. The number of Topliss-reactive ketones (excluding diaryl/α,β-unsaturated/α-hetero) is 1. The number of alkyl carbamates (subject to hydrolysis) is 1. The minimum Gasteiger partial charge on any atom is -0.445 e. The number of nitrogens with zero attached hydrogens (tertiary/aromatic N) is 2. The first kappa shape index (κ1) is 44.5. The molecule has 56 heavy (non-hydrogen) atoms. The molecule has 0 saturated carbocycles. The molecule has 4 rings (SSSR count). The smallest absolute Gasteiger partial charge is 0.407 e. The van der Waals surface area contributed by atoms with Crippen molar-refractivity contribution in [3.63, 3.8) is 0 Å². The van der Waals surface area contributed by atoms with Crippen LogP contribution in [0.5, 0.6) is 0 Å². The highest BCUT2D eigenvalue weighted by Crippen LogP contribution is 2.23. The Bertz CT molecular complexity index is 1670. The van der Waals surface area contributed by atoms with E-state index < -0.39 is 51.7 Å². The minimum atomic E-state index is -4.41. The zero-order chi connectivity index (χ0) is 40.6. The lowest BCUT2D eigenvalue weighted by atomic mass is 9.95. The molecule has 0 spiro atoms. The molecule has 4 N–H and O–H groups in total. The van der Waals surface area contributed by atoms with Gasteiger partial charge in [0, 0.05) is 51.5 Å². The number of ether oxygens (including phenoxy) is 3. The number of benzene rings is 2. The lowest BCUT2D eigenvalue weighted by molar-refractivity contribution is -0.160. The molecule has 2 saturated heterocycles. The Kier molecular flexibility index (Phi) is 17.4. The number of sulfonamides is 1. The number of alkyl halides is 2. The molecular formula is C38H54F2N6O9S. The van der Waals surface area contributed by atoms with Crippen LogP contribution in [0.2, 0.25) is 0 Å². The third-order valence-electron chi connectivity index (χ3n) is 9.27. The van der Waals surface area contributed by atoms with E-state index in [9.17, 15) is 27.6 Å². The van der Waals surface area contributed by atoms with Crippen molar-refractivity contribution in [1.82, 2.24) is 25.2 Å². The van der Waals surface area contributed by atoms with E-state index in [-0.39, 0.29) is 69.7 Å². The summed E-state index contributed by atoms with van der Waals surface area (Å²) < 4.78 is 74.1. The second-order valence-electron chi connectivity index (χ2n) is 14.1. The van der Waals surface area contributed by atoms with Gasteiger partial charge in [0.05, 0.1) is 37.4 Å². The summed E-state index contributed by atoms with van der Waals surface area (Å²) in [7, 11) is -3.79. The number of anilines is 1. The van der Waals surface area contributed by atoms with Gasteiger partial charge in [-0.25, -0.2) is 13.2 Å². The maximum Gasteiger partial charge on any atom is 0.407 e. The maximum absolute atomic E-state index is 15.4. The van der Waals surface area contributed by atoms with Gasteiger partial charge in [-0.05, 0) is 61.4 Å². The van der Waals surface area contributed by atoms with E-state index in [1.807, 2.05) is 35.2 Å². The second-order valence-corrected chi connectivity index (χ2v) is 16.0. The van der Waals surface area contributed by atoms with Crippen LogP contribution in [0.4, 0.5) is 19.3 Å². The summed E-state index contributed by atoms with van der Waals surface area (Å²) in [5, 5.41) is 10.3. The summed E-state index contributed by atoms with van der Waals surface area (Å²) in [5.41, 5.74) is 1.19. The number of carbonyl (C=O) groups excluding carboxylic acids is 4. The van der Waals surface area contributed by atoms with E-state index in [0.29, 0.717) is 51.4 Å². The highest BCUT2D eigenvalue weighted by Gasteiger charge is 2.50. The molecule has 2 heterocycles. The molecule has 2 atom stereocenters. The van der Waals surface area contributed by atoms with Crippen molar-refractivity contribution in [2.75, 3.05) is 77.6 Å². The molecule has 15 nitrogen and oxygen atoms in total. The Morgan fingerprint density at radius 3 is 2.12 bits per heavy atom. The topological polar surface area (TPSA) is 185 Å². The van der Waals surface area contributed by atoms with Gasteiger partial charge in [-0.15, -0.1) is 0 Å². The van der Waals surface area contributed by atoms with E-state index in [1.165, 1.54) is 28.6 Å². The van der Waals surface area contributed by atoms with Crippen LogP contribution in [0.15, 0.2) is 59.5 Å². The number of ketones is 1. The number of amides is 3. The van der Waals surface area contributed by atoms with Gasteiger partial charge in [0.1, 0.15) is 12.6 Å². The van der Waals surface area contributed by atoms with E-state index in [0.717, 1.165) is 5.56 Å². The summed E-state index contributed by atoms with van der Waals surface area (Å²) in [5.74, 6) is -8.95. The highest BCUT2D eigenvalue weighted by atomic mass is 32.2. The van der Waals surface area contributed by atoms with Gasteiger partial charge in [-0.1, -0.05) is 44.2 Å². The number of halogens is 2. The predicted molar refractivity (Wildman–Crippen MR) is 204 cm³/mol. The van der Waals surface area contributed by atoms with Crippen LogP contribution in [-0.4, -0.2) is 132 Å². The van der Waals surface area contributed by atoms with Crippen molar-refractivity contribution in [3.8, 4) is 0 Å². The van der Waals surface area contributed by atoms with Gasteiger partial charge in [-0.3, -0.25) is 19.3 Å². The molecule has 2 aromatic rings. The van der Waals surface area contributed by atoms with Crippen LogP contribution in [0.25, 0.3) is 0 Å². The number of carbonyl (C=O) groups is 4. The quantitative estimate of drug-likeness (QED) is 0.108. The summed E-state index contributed by atoms with van der Waals surface area (Å²) >= 11 is 0. The fourth-order valence-corrected chi connectivity index (χ4v) is 7.54. The molecule has 0 bridgehead atoms. The van der Waals surface area contributed by atoms with Gasteiger partial charge in [0.2, 0.25) is 21.7 Å². The minimum absolute atomic E-state index is 0.0456. The van der Waals surface area contributed by atoms with Gasteiger partial charge < -0.3 is 35.5 Å². The number of hydrogen-bond donors (Lipinski definition) is 4. The van der Waals surface area contributed by atoms with Crippen molar-refractivity contribution < 1.29 is 50.6 Å². The van der Waals surface area contributed by atoms with Gasteiger partial charge in [0.15, 0.2) is 0 Å². The third-order valence-corrected chi connectivity index (χ3v) is 11.2. The number of morpholine rings is 2. The monoisotopic (exact) mass is 808 g/mol. The molecule has 0 aromatic heterocycles. The Balaban J connectivity index is 1.41. The van der Waals surface area contributed by atoms with Crippen molar-refractivity contribution in [2.45, 2.75) is 69.0 Å². The molecule has 0 unspecified atom stereocenters. The van der Waals surface area contributed by atoms with Crippen LogP contribution in [0, 0.1) is 5.92 Å². The van der Waals surface area contributed by atoms with E-state index in [1.54, 1.807) is 13.8 Å². The molecule has 2 fully saturated rings. The fraction of sp³-hybridized carbons (Fsp3) is 0.579. The average molecular weight is 809 g/mol. The van der Waals surface area contributed by atoms with Crippen molar-refractivity contribution in [2.24, 2.45) is 5.92 Å². The highest BCUT2D eigenvalue weighted by molar-refractivity contribution is 7.89. The van der Waals surface area contributed by atoms with E-state index in [2.05, 4.69) is 21.3 Å². The van der Waals surface area contributed by atoms with Crippen molar-refractivity contribution in [3.05, 3.63) is 60.2 Å². The lowest BCUT2D eigenvalue weighted by Crippen LogP contribution is -2.57. The maximum atomic E-state index is 15.4. The van der Waals surface area contributed by atoms with Crippen molar-refractivity contribution >= 4 is 39.4 Å². The summed E-state index contributed by atoms with van der Waals surface area (Å²) in [6, 6.07) is 12.2. The molecule has 0 radical (unpaired) electrons.